The van der Waals surface area contributed by atoms with Crippen LogP contribution in [0.1, 0.15) is 24.9 Å². The molecule has 0 radical (unpaired) electrons. The van der Waals surface area contributed by atoms with Crippen LogP contribution >= 0.6 is 0 Å². The molecule has 3 N–H and O–H groups in total. The smallest absolute Gasteiger partial charge is 0.238 e. The number of nitrogens with zero attached hydrogens (tertiary/aromatic N) is 2. The van der Waals surface area contributed by atoms with Crippen LogP contribution in [0.3, 0.4) is 0 Å². The van der Waals surface area contributed by atoms with Gasteiger partial charge >= 0.3 is 0 Å². The number of primary sulfonamides is 1. The van der Waals surface area contributed by atoms with Gasteiger partial charge in [-0.1, -0.05) is 12.1 Å². The van der Waals surface area contributed by atoms with Crippen LogP contribution in [-0.2, 0) is 16.6 Å². The predicted molar refractivity (Wildman–Crippen MR) is 81.1 cm³/mol. The third kappa shape index (κ3) is 4.66. The Balaban J connectivity index is 1.87. The summed E-state index contributed by atoms with van der Waals surface area (Å²) in [4.78, 5) is 0.144. The van der Waals surface area contributed by atoms with E-state index in [2.05, 4.69) is 10.4 Å². The van der Waals surface area contributed by atoms with Crippen molar-refractivity contribution < 1.29 is 8.42 Å². The zero-order chi connectivity index (χ0) is 15.3. The Morgan fingerprint density at radius 2 is 2.19 bits per heavy atom. The maximum absolute atomic E-state index is 11.3. The molecule has 6 nitrogen and oxygen atoms in total. The van der Waals surface area contributed by atoms with Crippen molar-refractivity contribution in [2.24, 2.45) is 5.14 Å². The summed E-state index contributed by atoms with van der Waals surface area (Å²) in [6, 6.07) is 8.67. The average Bonchev–Trinajstić information content (AvgIpc) is 2.96. The van der Waals surface area contributed by atoms with Gasteiger partial charge in [-0.2, -0.15) is 5.10 Å². The number of hydrogen-bond donors (Lipinski definition) is 2. The van der Waals surface area contributed by atoms with Gasteiger partial charge in [-0.3, -0.25) is 4.68 Å². The molecular weight excluding hydrogens is 288 g/mol. The Labute approximate surface area is 125 Å². The number of rotatable bonds is 7. The summed E-state index contributed by atoms with van der Waals surface area (Å²) >= 11 is 0. The maximum atomic E-state index is 11.3. The number of nitrogens with one attached hydrogen (secondary N) is 1. The molecule has 0 bridgehead atoms. The van der Waals surface area contributed by atoms with Crippen LogP contribution in [0.4, 0.5) is 0 Å². The van der Waals surface area contributed by atoms with E-state index in [1.54, 1.807) is 18.3 Å². The topological polar surface area (TPSA) is 90.0 Å². The molecule has 0 saturated heterocycles. The third-order valence-electron chi connectivity index (χ3n) is 3.26. The molecule has 114 valence electrons. The molecule has 1 aromatic heterocycles. The van der Waals surface area contributed by atoms with Gasteiger partial charge in [0.05, 0.1) is 4.90 Å². The van der Waals surface area contributed by atoms with Crippen molar-refractivity contribution in [2.75, 3.05) is 6.54 Å². The fraction of sp³-hybridized carbons (Fsp3) is 0.357. The van der Waals surface area contributed by atoms with Crippen LogP contribution in [0.5, 0.6) is 0 Å². The molecule has 1 heterocycles. The second-order valence-corrected chi connectivity index (χ2v) is 6.48. The minimum absolute atomic E-state index is 0.0596. The summed E-state index contributed by atoms with van der Waals surface area (Å²) in [6.45, 7) is 3.67. The molecule has 1 aromatic carbocycles. The van der Waals surface area contributed by atoms with Crippen molar-refractivity contribution in [2.45, 2.75) is 30.8 Å². The number of benzene rings is 1. The normalized spacial score (nSPS) is 13.2. The molecule has 7 heteroatoms. The summed E-state index contributed by atoms with van der Waals surface area (Å²) in [6.07, 6.45) is 4.63. The predicted octanol–water partition coefficient (Wildman–Crippen LogP) is 1.27. The number of aryl methyl sites for hydroxylation is 1. The van der Waals surface area contributed by atoms with Crippen molar-refractivity contribution in [3.05, 3.63) is 48.3 Å². The van der Waals surface area contributed by atoms with Gasteiger partial charge in [-0.25, -0.2) is 13.6 Å². The lowest BCUT2D eigenvalue weighted by Crippen LogP contribution is -2.21. The van der Waals surface area contributed by atoms with Crippen LogP contribution in [0.15, 0.2) is 47.6 Å². The van der Waals surface area contributed by atoms with E-state index in [1.165, 1.54) is 6.07 Å². The molecule has 2 rings (SSSR count). The van der Waals surface area contributed by atoms with Gasteiger partial charge in [0.25, 0.3) is 0 Å². The Morgan fingerprint density at radius 3 is 2.86 bits per heavy atom. The van der Waals surface area contributed by atoms with Crippen molar-refractivity contribution in [3.63, 3.8) is 0 Å². The van der Waals surface area contributed by atoms with Crippen molar-refractivity contribution in [3.8, 4) is 0 Å². The molecule has 0 fully saturated rings. The van der Waals surface area contributed by atoms with E-state index in [-0.39, 0.29) is 10.9 Å². The highest BCUT2D eigenvalue weighted by Crippen LogP contribution is 2.16. The van der Waals surface area contributed by atoms with Crippen LogP contribution in [-0.4, -0.2) is 24.7 Å². The molecule has 0 aliphatic rings. The van der Waals surface area contributed by atoms with Gasteiger partial charge in [0.1, 0.15) is 0 Å². The lowest BCUT2D eigenvalue weighted by molar-refractivity contribution is 0.506. The van der Waals surface area contributed by atoms with Gasteiger partial charge in [0.2, 0.25) is 10.0 Å². The molecule has 0 spiro atoms. The van der Waals surface area contributed by atoms with Gasteiger partial charge < -0.3 is 5.32 Å². The molecule has 1 unspecified atom stereocenters. The van der Waals surface area contributed by atoms with Gasteiger partial charge in [-0.15, -0.1) is 0 Å². The van der Waals surface area contributed by atoms with E-state index in [0.717, 1.165) is 25.1 Å². The Kier molecular flexibility index (Phi) is 5.11. The Morgan fingerprint density at radius 1 is 1.38 bits per heavy atom. The van der Waals surface area contributed by atoms with Crippen LogP contribution in [0.2, 0.25) is 0 Å². The van der Waals surface area contributed by atoms with Crippen molar-refractivity contribution >= 4 is 10.0 Å². The monoisotopic (exact) mass is 308 g/mol. The van der Waals surface area contributed by atoms with E-state index in [0.29, 0.717) is 0 Å². The highest BCUT2D eigenvalue weighted by atomic mass is 32.2. The molecule has 0 aliphatic heterocycles. The number of hydrogen-bond acceptors (Lipinski definition) is 4. The van der Waals surface area contributed by atoms with Crippen LogP contribution < -0.4 is 10.5 Å². The van der Waals surface area contributed by atoms with E-state index in [1.807, 2.05) is 29.9 Å². The fourth-order valence-electron chi connectivity index (χ4n) is 2.07. The Bertz CT molecular complexity index is 668. The second-order valence-electron chi connectivity index (χ2n) is 4.92. The summed E-state index contributed by atoms with van der Waals surface area (Å²) in [7, 11) is -3.65. The van der Waals surface area contributed by atoms with Gasteiger partial charge in [0.15, 0.2) is 0 Å². The Hall–Kier alpha value is -1.70. The minimum atomic E-state index is -3.65. The molecule has 0 saturated carbocycles. The van der Waals surface area contributed by atoms with Gasteiger partial charge in [-0.05, 0) is 43.7 Å². The van der Waals surface area contributed by atoms with E-state index < -0.39 is 10.0 Å². The second kappa shape index (κ2) is 6.84. The quantitative estimate of drug-likeness (QED) is 0.754. The van der Waals surface area contributed by atoms with Crippen LogP contribution in [0, 0.1) is 0 Å². The molecule has 1 atom stereocenters. The summed E-state index contributed by atoms with van der Waals surface area (Å²) in [5, 5.41) is 12.6. The lowest BCUT2D eigenvalue weighted by Gasteiger charge is -2.15. The zero-order valence-corrected chi connectivity index (χ0v) is 12.8. The third-order valence-corrected chi connectivity index (χ3v) is 4.17. The summed E-state index contributed by atoms with van der Waals surface area (Å²) < 4.78 is 24.6. The van der Waals surface area contributed by atoms with E-state index in [9.17, 15) is 8.42 Å². The fourth-order valence-corrected chi connectivity index (χ4v) is 2.64. The van der Waals surface area contributed by atoms with E-state index >= 15 is 0 Å². The first-order chi connectivity index (χ1) is 9.97. The minimum Gasteiger partial charge on any atom is -0.310 e. The van der Waals surface area contributed by atoms with Crippen molar-refractivity contribution in [1.82, 2.24) is 15.1 Å². The first-order valence-electron chi connectivity index (χ1n) is 6.80. The van der Waals surface area contributed by atoms with Gasteiger partial charge in [0, 0.05) is 25.0 Å². The summed E-state index contributed by atoms with van der Waals surface area (Å²) in [5.74, 6) is 0. The van der Waals surface area contributed by atoms with Crippen LogP contribution in [0.25, 0.3) is 0 Å². The highest BCUT2D eigenvalue weighted by Gasteiger charge is 2.11. The molecule has 0 aliphatic carbocycles. The average molecular weight is 308 g/mol. The molecule has 2 aromatic rings. The SMILES string of the molecule is CC(NCCCn1cccn1)c1cccc(S(N)(=O)=O)c1. The largest absolute Gasteiger partial charge is 0.310 e. The lowest BCUT2D eigenvalue weighted by atomic mass is 10.1. The molecule has 0 amide bonds. The molecular formula is C14H20N4O2S. The standard InChI is InChI=1S/C14H20N4O2S/c1-12(16-7-3-9-18-10-4-8-17-18)13-5-2-6-14(11-13)21(15,19)20/h2,4-6,8,10-12,16H,3,7,9H2,1H3,(H2,15,19,20). The highest BCUT2D eigenvalue weighted by molar-refractivity contribution is 7.89. The summed E-state index contributed by atoms with van der Waals surface area (Å²) in [5.41, 5.74) is 0.903. The first kappa shape index (κ1) is 15.7. The molecule has 21 heavy (non-hydrogen) atoms. The maximum Gasteiger partial charge on any atom is 0.238 e. The van der Waals surface area contributed by atoms with Crippen molar-refractivity contribution in [1.29, 1.82) is 0 Å². The van der Waals surface area contributed by atoms with E-state index in [4.69, 9.17) is 5.14 Å². The number of nitrogens with two attached hydrogens (primary N) is 1. The zero-order valence-electron chi connectivity index (χ0n) is 11.9. The number of aromatic nitrogens is 2. The first-order valence-corrected chi connectivity index (χ1v) is 8.35. The number of sulfonamides is 1.